The monoisotopic (exact) mass is 557 g/mol. The Kier molecular flexibility index (Phi) is 6.34. The van der Waals surface area contributed by atoms with E-state index < -0.39 is 11.6 Å². The van der Waals surface area contributed by atoms with Crippen molar-refractivity contribution in [1.29, 1.82) is 0 Å². The van der Waals surface area contributed by atoms with Crippen LogP contribution in [0.1, 0.15) is 37.3 Å². The number of rotatable bonds is 5. The average Bonchev–Trinajstić information content (AvgIpc) is 3.73. The molecule has 2 aliphatic heterocycles. The first kappa shape index (κ1) is 25.5. The number of aliphatic hydroxyl groups excluding tert-OH is 1. The molecule has 4 aromatic heterocycles. The number of pyridine rings is 1. The Morgan fingerprint density at radius 2 is 1.76 bits per heavy atom. The van der Waals surface area contributed by atoms with Gasteiger partial charge in [0.1, 0.15) is 23.3 Å². The maximum atomic E-state index is 14.7. The van der Waals surface area contributed by atoms with E-state index in [0.717, 1.165) is 49.8 Å². The fourth-order valence-electron chi connectivity index (χ4n) is 5.95. The molecule has 210 valence electrons. The van der Waals surface area contributed by atoms with Gasteiger partial charge < -0.3 is 19.5 Å². The molecule has 1 N–H and O–H groups in total. The fourth-order valence-corrected chi connectivity index (χ4v) is 5.95. The summed E-state index contributed by atoms with van der Waals surface area (Å²) >= 11 is 0. The van der Waals surface area contributed by atoms with Crippen LogP contribution in [-0.2, 0) is 7.05 Å². The molecule has 0 aliphatic carbocycles. The molecule has 6 heterocycles. The first-order valence-corrected chi connectivity index (χ1v) is 13.8. The van der Waals surface area contributed by atoms with Crippen LogP contribution in [0.4, 0.5) is 20.4 Å². The molecular formula is C29H29F2N9O. The van der Waals surface area contributed by atoms with Crippen molar-refractivity contribution in [3.63, 3.8) is 0 Å². The molecule has 41 heavy (non-hydrogen) atoms. The Morgan fingerprint density at radius 3 is 2.61 bits per heavy atom. The van der Waals surface area contributed by atoms with Crippen LogP contribution in [0.3, 0.4) is 0 Å². The Bertz CT molecular complexity index is 1730. The molecule has 10 nitrogen and oxygen atoms in total. The highest BCUT2D eigenvalue weighted by molar-refractivity contribution is 5.75. The van der Waals surface area contributed by atoms with Crippen molar-refractivity contribution in [2.24, 2.45) is 7.05 Å². The number of anilines is 2. The highest BCUT2D eigenvalue weighted by Crippen LogP contribution is 2.37. The van der Waals surface area contributed by atoms with Gasteiger partial charge in [0.15, 0.2) is 17.3 Å². The molecule has 12 heteroatoms. The summed E-state index contributed by atoms with van der Waals surface area (Å²) in [5.74, 6) is 1.92. The standard InChI is InChI=1S/C29H29F2N9O/c1-37-27(18-6-10-32-26(15-18)38-12-7-20(41)8-13-38)35-36-29(37)22-17-33-40-14-9-25(34-28(22)40)39-11-2-3-24(39)21-16-19(30)4-5-23(21)31/h4-6,9-10,14-17,20,24,41H,2-3,7-8,11-13H2,1H3/t24-/m1/s1. The Hall–Kier alpha value is -4.45. The van der Waals surface area contributed by atoms with Crippen molar-refractivity contribution >= 4 is 17.3 Å². The van der Waals surface area contributed by atoms with Crippen molar-refractivity contribution < 1.29 is 13.9 Å². The van der Waals surface area contributed by atoms with Crippen LogP contribution >= 0.6 is 0 Å². The summed E-state index contributed by atoms with van der Waals surface area (Å²) in [5.41, 5.74) is 2.52. The topological polar surface area (TPSA) is 100 Å². The summed E-state index contributed by atoms with van der Waals surface area (Å²) in [6, 6.07) is 9.04. The van der Waals surface area contributed by atoms with E-state index in [-0.39, 0.29) is 12.1 Å². The van der Waals surface area contributed by atoms with Gasteiger partial charge >= 0.3 is 0 Å². The van der Waals surface area contributed by atoms with Gasteiger partial charge in [0.25, 0.3) is 0 Å². The van der Waals surface area contributed by atoms with Gasteiger partial charge in [-0.2, -0.15) is 5.10 Å². The van der Waals surface area contributed by atoms with Gasteiger partial charge in [0.2, 0.25) is 0 Å². The summed E-state index contributed by atoms with van der Waals surface area (Å²) in [6.45, 7) is 2.19. The second-order valence-electron chi connectivity index (χ2n) is 10.7. The molecule has 1 atom stereocenters. The van der Waals surface area contributed by atoms with Crippen molar-refractivity contribution in [2.45, 2.75) is 37.8 Å². The second kappa shape index (κ2) is 10.2. The second-order valence-corrected chi connectivity index (χ2v) is 10.7. The molecule has 0 unspecified atom stereocenters. The van der Waals surface area contributed by atoms with E-state index in [9.17, 15) is 13.9 Å². The van der Waals surface area contributed by atoms with Crippen LogP contribution < -0.4 is 9.80 Å². The quantitative estimate of drug-likeness (QED) is 0.344. The van der Waals surface area contributed by atoms with Gasteiger partial charge in [0.05, 0.1) is 23.9 Å². The number of halogens is 2. The number of hydrogen-bond donors (Lipinski definition) is 1. The van der Waals surface area contributed by atoms with E-state index in [1.165, 1.54) is 12.1 Å². The Labute approximate surface area is 234 Å². The minimum Gasteiger partial charge on any atom is -0.393 e. The van der Waals surface area contributed by atoms with Crippen LogP contribution in [0.2, 0.25) is 0 Å². The number of fused-ring (bicyclic) bond motifs is 1. The van der Waals surface area contributed by atoms with Crippen LogP contribution in [0, 0.1) is 11.6 Å². The summed E-state index contributed by atoms with van der Waals surface area (Å²) in [7, 11) is 1.90. The zero-order valence-corrected chi connectivity index (χ0v) is 22.5. The van der Waals surface area contributed by atoms with E-state index in [1.807, 2.05) is 40.9 Å². The normalized spacial score (nSPS) is 18.1. The molecule has 7 rings (SSSR count). The first-order valence-electron chi connectivity index (χ1n) is 13.8. The van der Waals surface area contributed by atoms with Crippen LogP contribution in [0.15, 0.2) is 55.0 Å². The van der Waals surface area contributed by atoms with E-state index in [2.05, 4.69) is 25.2 Å². The molecule has 2 saturated heterocycles. The zero-order valence-electron chi connectivity index (χ0n) is 22.5. The number of benzene rings is 1. The van der Waals surface area contributed by atoms with Gasteiger partial charge in [-0.1, -0.05) is 0 Å². The average molecular weight is 558 g/mol. The molecule has 2 fully saturated rings. The minimum atomic E-state index is -0.455. The summed E-state index contributed by atoms with van der Waals surface area (Å²) in [6.07, 6.45) is 8.04. The lowest BCUT2D eigenvalue weighted by Crippen LogP contribution is -2.36. The predicted octanol–water partition coefficient (Wildman–Crippen LogP) is 4.17. The molecule has 0 spiro atoms. The molecule has 2 aliphatic rings. The maximum Gasteiger partial charge on any atom is 0.169 e. The van der Waals surface area contributed by atoms with Gasteiger partial charge in [-0.25, -0.2) is 23.3 Å². The molecule has 5 aromatic rings. The third-order valence-electron chi connectivity index (χ3n) is 8.13. The SMILES string of the molecule is Cn1c(-c2ccnc(N3CCC(O)CC3)c2)nnc1-c1cnn2ccc(N3CCC[C@@H]3c3cc(F)ccc3F)nc12. The predicted molar refractivity (Wildman–Crippen MR) is 149 cm³/mol. The molecular weight excluding hydrogens is 528 g/mol. The number of aliphatic hydroxyl groups is 1. The van der Waals surface area contributed by atoms with Crippen molar-refractivity contribution in [1.82, 2.24) is 34.3 Å². The largest absolute Gasteiger partial charge is 0.393 e. The number of aromatic nitrogens is 7. The van der Waals surface area contributed by atoms with Crippen LogP contribution in [0.5, 0.6) is 0 Å². The van der Waals surface area contributed by atoms with Crippen LogP contribution in [0.25, 0.3) is 28.4 Å². The molecule has 1 aromatic carbocycles. The van der Waals surface area contributed by atoms with E-state index in [0.29, 0.717) is 47.2 Å². The van der Waals surface area contributed by atoms with E-state index in [1.54, 1.807) is 16.9 Å². The lowest BCUT2D eigenvalue weighted by Gasteiger charge is -2.30. The summed E-state index contributed by atoms with van der Waals surface area (Å²) in [5, 5.41) is 23.3. The maximum absolute atomic E-state index is 14.7. The van der Waals surface area contributed by atoms with Crippen molar-refractivity contribution in [3.8, 4) is 22.8 Å². The molecule has 0 saturated carbocycles. The zero-order chi connectivity index (χ0) is 28.1. The number of nitrogens with zero attached hydrogens (tertiary/aromatic N) is 9. The fraction of sp³-hybridized carbons (Fsp3) is 0.345. The minimum absolute atomic E-state index is 0.255. The number of hydrogen-bond acceptors (Lipinski definition) is 8. The van der Waals surface area contributed by atoms with Gasteiger partial charge in [-0.15, -0.1) is 10.2 Å². The van der Waals surface area contributed by atoms with Gasteiger partial charge in [-0.3, -0.25) is 0 Å². The summed E-state index contributed by atoms with van der Waals surface area (Å²) < 4.78 is 32.2. The lowest BCUT2D eigenvalue weighted by molar-refractivity contribution is 0.145. The smallest absolute Gasteiger partial charge is 0.169 e. The Morgan fingerprint density at radius 1 is 0.927 bits per heavy atom. The lowest BCUT2D eigenvalue weighted by atomic mass is 10.0. The first-order chi connectivity index (χ1) is 20.0. The van der Waals surface area contributed by atoms with Crippen LogP contribution in [-0.4, -0.2) is 65.2 Å². The molecule has 0 radical (unpaired) electrons. The molecule has 0 amide bonds. The molecule has 0 bridgehead atoms. The number of piperidine rings is 1. The van der Waals surface area contributed by atoms with E-state index in [4.69, 9.17) is 4.98 Å². The summed E-state index contributed by atoms with van der Waals surface area (Å²) in [4.78, 5) is 13.7. The van der Waals surface area contributed by atoms with E-state index >= 15 is 0 Å². The highest BCUT2D eigenvalue weighted by atomic mass is 19.1. The third kappa shape index (κ3) is 4.57. The Balaban J connectivity index is 1.22. The van der Waals surface area contributed by atoms with Crippen molar-refractivity contribution in [2.75, 3.05) is 29.4 Å². The highest BCUT2D eigenvalue weighted by Gasteiger charge is 2.30. The van der Waals surface area contributed by atoms with Gasteiger partial charge in [0, 0.05) is 50.2 Å². The van der Waals surface area contributed by atoms with Crippen molar-refractivity contribution in [3.05, 3.63) is 72.2 Å². The van der Waals surface area contributed by atoms with Gasteiger partial charge in [-0.05, 0) is 62.1 Å². The third-order valence-corrected chi connectivity index (χ3v) is 8.13.